The molecular weight excluding hydrogens is 226 g/mol. The lowest BCUT2D eigenvalue weighted by Gasteiger charge is -2.20. The zero-order chi connectivity index (χ0) is 13.0. The number of likely N-dealkylation sites (tertiary alicyclic amines) is 1. The van der Waals surface area contributed by atoms with Crippen LogP contribution in [-0.4, -0.2) is 29.9 Å². The monoisotopic (exact) mass is 243 g/mol. The first-order valence-electron chi connectivity index (χ1n) is 6.23. The van der Waals surface area contributed by atoms with Gasteiger partial charge < -0.3 is 5.32 Å². The lowest BCUT2D eigenvalue weighted by molar-refractivity contribution is -0.117. The molecule has 0 aliphatic carbocycles. The Kier molecular flexibility index (Phi) is 3.96. The Morgan fingerprint density at radius 2 is 2.22 bits per heavy atom. The van der Waals surface area contributed by atoms with Crippen molar-refractivity contribution >= 4 is 11.6 Å². The van der Waals surface area contributed by atoms with Gasteiger partial charge in [0.05, 0.1) is 18.2 Å². The highest BCUT2D eigenvalue weighted by molar-refractivity contribution is 5.92. The molecule has 4 heteroatoms. The van der Waals surface area contributed by atoms with E-state index in [-0.39, 0.29) is 5.91 Å². The highest BCUT2D eigenvalue weighted by Gasteiger charge is 2.22. The quantitative estimate of drug-likeness (QED) is 0.883. The summed E-state index contributed by atoms with van der Waals surface area (Å²) < 4.78 is 0. The number of benzene rings is 1. The van der Waals surface area contributed by atoms with Crippen LogP contribution in [-0.2, 0) is 4.79 Å². The summed E-state index contributed by atoms with van der Waals surface area (Å²) in [6.07, 6.45) is 2.34. The van der Waals surface area contributed by atoms with Gasteiger partial charge >= 0.3 is 0 Å². The molecule has 1 atom stereocenters. The normalized spacial score (nSPS) is 19.4. The maximum Gasteiger partial charge on any atom is 0.238 e. The minimum Gasteiger partial charge on any atom is -0.325 e. The van der Waals surface area contributed by atoms with Crippen LogP contribution in [0.5, 0.6) is 0 Å². The largest absolute Gasteiger partial charge is 0.325 e. The second-order valence-corrected chi connectivity index (χ2v) is 4.70. The number of anilines is 1. The van der Waals surface area contributed by atoms with Crippen molar-refractivity contribution in [2.24, 2.45) is 0 Å². The van der Waals surface area contributed by atoms with Gasteiger partial charge in [-0.1, -0.05) is 0 Å². The second-order valence-electron chi connectivity index (χ2n) is 4.70. The van der Waals surface area contributed by atoms with E-state index in [4.69, 9.17) is 5.26 Å². The zero-order valence-electron chi connectivity index (χ0n) is 10.5. The predicted molar refractivity (Wildman–Crippen MR) is 70.1 cm³/mol. The smallest absolute Gasteiger partial charge is 0.238 e. The van der Waals surface area contributed by atoms with Gasteiger partial charge in [-0.05, 0) is 50.6 Å². The first-order chi connectivity index (χ1) is 8.69. The standard InChI is InChI=1S/C14H17N3O/c1-11-3-2-8-17(11)10-14(18)16-13-6-4-12(9-15)5-7-13/h4-7,11H,2-3,8,10H2,1H3,(H,16,18). The number of hydrogen-bond acceptors (Lipinski definition) is 3. The van der Waals surface area contributed by atoms with Crippen molar-refractivity contribution in [3.05, 3.63) is 29.8 Å². The number of nitrogens with zero attached hydrogens (tertiary/aromatic N) is 2. The molecule has 0 aromatic heterocycles. The maximum atomic E-state index is 11.9. The van der Waals surface area contributed by atoms with Gasteiger partial charge in [0, 0.05) is 11.7 Å². The van der Waals surface area contributed by atoms with Gasteiger partial charge in [0.25, 0.3) is 0 Å². The molecule has 1 unspecified atom stereocenters. The van der Waals surface area contributed by atoms with E-state index in [0.29, 0.717) is 18.2 Å². The number of nitriles is 1. The second kappa shape index (κ2) is 5.65. The van der Waals surface area contributed by atoms with E-state index in [9.17, 15) is 4.79 Å². The van der Waals surface area contributed by atoms with Crippen LogP contribution >= 0.6 is 0 Å². The van der Waals surface area contributed by atoms with Crippen LogP contribution in [0.1, 0.15) is 25.3 Å². The van der Waals surface area contributed by atoms with Gasteiger partial charge in [-0.2, -0.15) is 5.26 Å². The number of nitrogens with one attached hydrogen (secondary N) is 1. The van der Waals surface area contributed by atoms with E-state index >= 15 is 0 Å². The van der Waals surface area contributed by atoms with E-state index < -0.39 is 0 Å². The molecule has 94 valence electrons. The van der Waals surface area contributed by atoms with Crippen molar-refractivity contribution in [3.63, 3.8) is 0 Å². The minimum atomic E-state index is 0.00783. The lowest BCUT2D eigenvalue weighted by Crippen LogP contribution is -2.35. The van der Waals surface area contributed by atoms with Crippen molar-refractivity contribution in [2.45, 2.75) is 25.8 Å². The Morgan fingerprint density at radius 1 is 1.50 bits per heavy atom. The summed E-state index contributed by atoms with van der Waals surface area (Å²) in [7, 11) is 0. The molecule has 0 bridgehead atoms. The molecule has 2 rings (SSSR count). The molecule has 1 saturated heterocycles. The summed E-state index contributed by atoms with van der Waals surface area (Å²) in [4.78, 5) is 14.0. The van der Waals surface area contributed by atoms with Gasteiger partial charge in [0.15, 0.2) is 0 Å². The molecule has 18 heavy (non-hydrogen) atoms. The summed E-state index contributed by atoms with van der Waals surface area (Å²) in [5.41, 5.74) is 1.34. The summed E-state index contributed by atoms with van der Waals surface area (Å²) in [6, 6.07) is 9.46. The highest BCUT2D eigenvalue weighted by atomic mass is 16.2. The molecule has 1 fully saturated rings. The summed E-state index contributed by atoms with van der Waals surface area (Å²) >= 11 is 0. The molecular formula is C14H17N3O. The Morgan fingerprint density at radius 3 is 2.78 bits per heavy atom. The third kappa shape index (κ3) is 3.08. The molecule has 0 radical (unpaired) electrons. The predicted octanol–water partition coefficient (Wildman–Crippen LogP) is 1.98. The molecule has 1 N–H and O–H groups in total. The van der Waals surface area contributed by atoms with Gasteiger partial charge in [0.2, 0.25) is 5.91 Å². The van der Waals surface area contributed by atoms with Crippen LogP contribution in [0.25, 0.3) is 0 Å². The maximum absolute atomic E-state index is 11.9. The molecule has 1 aliphatic heterocycles. The van der Waals surface area contributed by atoms with E-state index in [2.05, 4.69) is 23.2 Å². The summed E-state index contributed by atoms with van der Waals surface area (Å²) in [6.45, 7) is 3.60. The van der Waals surface area contributed by atoms with Crippen molar-refractivity contribution in [1.29, 1.82) is 5.26 Å². The van der Waals surface area contributed by atoms with Crippen LogP contribution in [0.15, 0.2) is 24.3 Å². The van der Waals surface area contributed by atoms with Gasteiger partial charge in [-0.15, -0.1) is 0 Å². The summed E-state index contributed by atoms with van der Waals surface area (Å²) in [5.74, 6) is 0.00783. The molecule has 0 saturated carbocycles. The van der Waals surface area contributed by atoms with Crippen molar-refractivity contribution in [1.82, 2.24) is 4.90 Å². The zero-order valence-corrected chi connectivity index (χ0v) is 10.5. The average molecular weight is 243 g/mol. The molecule has 1 amide bonds. The number of rotatable bonds is 3. The minimum absolute atomic E-state index is 0.00783. The van der Waals surface area contributed by atoms with E-state index in [1.54, 1.807) is 24.3 Å². The van der Waals surface area contributed by atoms with Gasteiger partial charge in [0.1, 0.15) is 0 Å². The number of amides is 1. The third-order valence-electron chi connectivity index (χ3n) is 3.34. The average Bonchev–Trinajstić information content (AvgIpc) is 2.76. The lowest BCUT2D eigenvalue weighted by atomic mass is 10.2. The topological polar surface area (TPSA) is 56.1 Å². The number of carbonyl (C=O) groups excluding carboxylic acids is 1. The molecule has 4 nitrogen and oxygen atoms in total. The Bertz CT molecular complexity index is 461. The van der Waals surface area contributed by atoms with Crippen LogP contribution in [0.2, 0.25) is 0 Å². The van der Waals surface area contributed by atoms with Crippen LogP contribution in [0.4, 0.5) is 5.69 Å². The SMILES string of the molecule is CC1CCCN1CC(=O)Nc1ccc(C#N)cc1. The first-order valence-corrected chi connectivity index (χ1v) is 6.23. The summed E-state index contributed by atoms with van der Waals surface area (Å²) in [5, 5.41) is 11.5. The Balaban J connectivity index is 1.88. The Labute approximate surface area is 107 Å². The van der Waals surface area contributed by atoms with Gasteiger partial charge in [-0.3, -0.25) is 9.69 Å². The fourth-order valence-electron chi connectivity index (χ4n) is 2.24. The molecule has 1 heterocycles. The van der Waals surface area contributed by atoms with Crippen LogP contribution < -0.4 is 5.32 Å². The van der Waals surface area contributed by atoms with E-state index in [0.717, 1.165) is 12.2 Å². The molecule has 1 aromatic rings. The van der Waals surface area contributed by atoms with Crippen LogP contribution in [0.3, 0.4) is 0 Å². The van der Waals surface area contributed by atoms with E-state index in [1.807, 2.05) is 0 Å². The van der Waals surface area contributed by atoms with E-state index in [1.165, 1.54) is 12.8 Å². The molecule has 0 spiro atoms. The third-order valence-corrected chi connectivity index (χ3v) is 3.34. The van der Waals surface area contributed by atoms with Crippen molar-refractivity contribution in [3.8, 4) is 6.07 Å². The fourth-order valence-corrected chi connectivity index (χ4v) is 2.24. The first kappa shape index (κ1) is 12.6. The number of hydrogen-bond donors (Lipinski definition) is 1. The van der Waals surface area contributed by atoms with Crippen LogP contribution in [0, 0.1) is 11.3 Å². The Hall–Kier alpha value is -1.86. The van der Waals surface area contributed by atoms with Gasteiger partial charge in [-0.25, -0.2) is 0 Å². The molecule has 1 aromatic carbocycles. The number of carbonyl (C=O) groups is 1. The highest BCUT2D eigenvalue weighted by Crippen LogP contribution is 2.16. The van der Waals surface area contributed by atoms with Crippen molar-refractivity contribution < 1.29 is 4.79 Å². The van der Waals surface area contributed by atoms with Crippen molar-refractivity contribution in [2.75, 3.05) is 18.4 Å². The fraction of sp³-hybridized carbons (Fsp3) is 0.429. The molecule has 1 aliphatic rings.